The number of hydrogen-bond acceptors (Lipinski definition) is 4. The molecule has 0 aliphatic carbocycles. The number of fused-ring (bicyclic) bond motifs is 1. The summed E-state index contributed by atoms with van der Waals surface area (Å²) >= 11 is 0. The summed E-state index contributed by atoms with van der Waals surface area (Å²) in [5, 5.41) is 2.84. The summed E-state index contributed by atoms with van der Waals surface area (Å²) in [6.45, 7) is 7.06. The van der Waals surface area contributed by atoms with Gasteiger partial charge in [0.25, 0.3) is 5.91 Å². The molecule has 0 aromatic heterocycles. The molecule has 2 aromatic rings. The Balaban J connectivity index is 1.28. The van der Waals surface area contributed by atoms with Crippen molar-refractivity contribution in [2.45, 2.75) is 39.1 Å². The minimum absolute atomic E-state index is 0.0202. The normalized spacial score (nSPS) is 16.7. The van der Waals surface area contributed by atoms with Gasteiger partial charge < -0.3 is 14.8 Å². The van der Waals surface area contributed by atoms with Crippen molar-refractivity contribution in [3.63, 3.8) is 0 Å². The lowest BCUT2D eigenvalue weighted by atomic mass is 10.1. The van der Waals surface area contributed by atoms with E-state index in [1.54, 1.807) is 0 Å². The molecule has 4 rings (SSSR count). The molecule has 27 heavy (non-hydrogen) atoms. The molecule has 1 fully saturated rings. The van der Waals surface area contributed by atoms with E-state index in [0.717, 1.165) is 55.1 Å². The SMILES string of the molecule is CCCOC1CN(Cc2ccc(COc3cccc4c3CNC4=O)cc2)C1. The van der Waals surface area contributed by atoms with Gasteiger partial charge in [-0.2, -0.15) is 0 Å². The van der Waals surface area contributed by atoms with Crippen molar-refractivity contribution in [1.29, 1.82) is 0 Å². The lowest BCUT2D eigenvalue weighted by molar-refractivity contribution is -0.0574. The van der Waals surface area contributed by atoms with Crippen molar-refractivity contribution < 1.29 is 14.3 Å². The molecule has 2 heterocycles. The van der Waals surface area contributed by atoms with Gasteiger partial charge in [0.1, 0.15) is 12.4 Å². The highest BCUT2D eigenvalue weighted by Crippen LogP contribution is 2.27. The average molecular weight is 366 g/mol. The number of carbonyl (C=O) groups excluding carboxylic acids is 1. The Hall–Kier alpha value is -2.37. The van der Waals surface area contributed by atoms with Crippen LogP contribution in [-0.4, -0.2) is 36.6 Å². The lowest BCUT2D eigenvalue weighted by Gasteiger charge is -2.39. The summed E-state index contributed by atoms with van der Waals surface area (Å²) in [7, 11) is 0. The summed E-state index contributed by atoms with van der Waals surface area (Å²) in [4.78, 5) is 14.1. The minimum Gasteiger partial charge on any atom is -0.489 e. The van der Waals surface area contributed by atoms with Gasteiger partial charge in [0, 0.05) is 43.9 Å². The Morgan fingerprint density at radius 3 is 2.67 bits per heavy atom. The Labute approximate surface area is 160 Å². The largest absolute Gasteiger partial charge is 0.489 e. The van der Waals surface area contributed by atoms with Crippen LogP contribution < -0.4 is 10.1 Å². The summed E-state index contributed by atoms with van der Waals surface area (Å²) < 4.78 is 11.7. The first-order valence-corrected chi connectivity index (χ1v) is 9.67. The van der Waals surface area contributed by atoms with Gasteiger partial charge in [0.05, 0.1) is 6.10 Å². The quantitative estimate of drug-likeness (QED) is 0.780. The molecule has 0 bridgehead atoms. The molecule has 0 atom stereocenters. The summed E-state index contributed by atoms with van der Waals surface area (Å²) in [6.07, 6.45) is 1.49. The van der Waals surface area contributed by atoms with E-state index in [1.165, 1.54) is 5.56 Å². The van der Waals surface area contributed by atoms with Crippen molar-refractivity contribution in [3.05, 3.63) is 64.7 Å². The molecule has 0 unspecified atom stereocenters. The van der Waals surface area contributed by atoms with E-state index in [2.05, 4.69) is 41.4 Å². The monoisotopic (exact) mass is 366 g/mol. The number of benzene rings is 2. The van der Waals surface area contributed by atoms with E-state index in [4.69, 9.17) is 9.47 Å². The Morgan fingerprint density at radius 1 is 1.11 bits per heavy atom. The van der Waals surface area contributed by atoms with Crippen molar-refractivity contribution in [3.8, 4) is 5.75 Å². The predicted molar refractivity (Wildman–Crippen MR) is 104 cm³/mol. The van der Waals surface area contributed by atoms with E-state index >= 15 is 0 Å². The second kappa shape index (κ2) is 8.11. The maximum Gasteiger partial charge on any atom is 0.252 e. The predicted octanol–water partition coefficient (Wildman–Crippen LogP) is 3.12. The van der Waals surface area contributed by atoms with Crippen molar-refractivity contribution in [1.82, 2.24) is 10.2 Å². The highest BCUT2D eigenvalue weighted by molar-refractivity contribution is 5.99. The minimum atomic E-state index is -0.0202. The molecule has 1 amide bonds. The van der Waals surface area contributed by atoms with Crippen LogP contribution in [0.3, 0.4) is 0 Å². The molecule has 1 N–H and O–H groups in total. The number of hydrogen-bond donors (Lipinski definition) is 1. The first-order valence-electron chi connectivity index (χ1n) is 9.67. The molecule has 5 heteroatoms. The zero-order chi connectivity index (χ0) is 18.6. The first kappa shape index (κ1) is 18.0. The number of likely N-dealkylation sites (tertiary alicyclic amines) is 1. The molecule has 5 nitrogen and oxygen atoms in total. The van der Waals surface area contributed by atoms with Crippen molar-refractivity contribution in [2.75, 3.05) is 19.7 Å². The fourth-order valence-electron chi connectivity index (χ4n) is 3.56. The first-order chi connectivity index (χ1) is 13.2. The zero-order valence-corrected chi connectivity index (χ0v) is 15.7. The van der Waals surface area contributed by atoms with Gasteiger partial charge in [0.2, 0.25) is 0 Å². The summed E-state index contributed by atoms with van der Waals surface area (Å²) in [5.41, 5.74) is 4.11. The molecular formula is C22H26N2O3. The van der Waals surface area contributed by atoms with Gasteiger partial charge in [-0.15, -0.1) is 0 Å². The smallest absolute Gasteiger partial charge is 0.252 e. The van der Waals surface area contributed by atoms with Gasteiger partial charge in [0.15, 0.2) is 0 Å². The average Bonchev–Trinajstić information content (AvgIpc) is 3.04. The van der Waals surface area contributed by atoms with Crippen LogP contribution in [0.4, 0.5) is 0 Å². The van der Waals surface area contributed by atoms with Gasteiger partial charge in [-0.25, -0.2) is 0 Å². The Kier molecular flexibility index (Phi) is 5.41. The molecule has 1 saturated heterocycles. The fraction of sp³-hybridized carbons (Fsp3) is 0.409. The van der Waals surface area contributed by atoms with E-state index in [9.17, 15) is 4.79 Å². The molecule has 2 aliphatic rings. The van der Waals surface area contributed by atoms with Crippen LogP contribution in [0.25, 0.3) is 0 Å². The highest BCUT2D eigenvalue weighted by atomic mass is 16.5. The van der Waals surface area contributed by atoms with Gasteiger partial charge >= 0.3 is 0 Å². The number of nitrogens with one attached hydrogen (secondary N) is 1. The number of ether oxygens (including phenoxy) is 2. The second-order valence-corrected chi connectivity index (χ2v) is 7.26. The number of carbonyl (C=O) groups is 1. The van der Waals surface area contributed by atoms with Crippen LogP contribution in [0.2, 0.25) is 0 Å². The molecule has 142 valence electrons. The van der Waals surface area contributed by atoms with Gasteiger partial charge in [-0.05, 0) is 29.7 Å². The maximum atomic E-state index is 11.7. The third-order valence-electron chi connectivity index (χ3n) is 5.11. The Bertz CT molecular complexity index is 798. The van der Waals surface area contributed by atoms with Crippen LogP contribution in [-0.2, 0) is 24.4 Å². The van der Waals surface area contributed by atoms with E-state index in [1.807, 2.05) is 18.2 Å². The van der Waals surface area contributed by atoms with Gasteiger partial charge in [-0.1, -0.05) is 37.3 Å². The third-order valence-corrected chi connectivity index (χ3v) is 5.11. The van der Waals surface area contributed by atoms with Crippen molar-refractivity contribution >= 4 is 5.91 Å². The lowest BCUT2D eigenvalue weighted by Crippen LogP contribution is -2.51. The van der Waals surface area contributed by atoms with E-state index < -0.39 is 0 Å². The number of nitrogens with zero attached hydrogens (tertiary/aromatic N) is 1. The molecule has 2 aliphatic heterocycles. The van der Waals surface area contributed by atoms with Crippen molar-refractivity contribution in [2.24, 2.45) is 0 Å². The highest BCUT2D eigenvalue weighted by Gasteiger charge is 2.26. The molecular weight excluding hydrogens is 340 g/mol. The topological polar surface area (TPSA) is 50.8 Å². The second-order valence-electron chi connectivity index (χ2n) is 7.26. The van der Waals surface area contributed by atoms with Crippen LogP contribution in [0.5, 0.6) is 5.75 Å². The Morgan fingerprint density at radius 2 is 1.89 bits per heavy atom. The summed E-state index contributed by atoms with van der Waals surface area (Å²) in [6, 6.07) is 14.2. The standard InChI is InChI=1S/C22H26N2O3/c1-2-10-26-18-13-24(14-18)12-16-6-8-17(9-7-16)15-27-21-5-3-4-19-20(21)11-23-22(19)25/h3-9,18H,2,10-15H2,1H3,(H,23,25). The van der Waals surface area contributed by atoms with Crippen LogP contribution >= 0.6 is 0 Å². The van der Waals surface area contributed by atoms with Gasteiger partial charge in [-0.3, -0.25) is 9.69 Å². The van der Waals surface area contributed by atoms with Crippen LogP contribution in [0, 0.1) is 0 Å². The zero-order valence-electron chi connectivity index (χ0n) is 15.7. The maximum absolute atomic E-state index is 11.7. The van der Waals surface area contributed by atoms with E-state index in [0.29, 0.717) is 19.3 Å². The fourth-order valence-corrected chi connectivity index (χ4v) is 3.56. The van der Waals surface area contributed by atoms with Crippen LogP contribution in [0.15, 0.2) is 42.5 Å². The van der Waals surface area contributed by atoms with E-state index in [-0.39, 0.29) is 5.91 Å². The molecule has 0 spiro atoms. The van der Waals surface area contributed by atoms with Crippen LogP contribution in [0.1, 0.15) is 40.4 Å². The molecule has 2 aromatic carbocycles. The number of amides is 1. The third kappa shape index (κ3) is 4.15. The molecule has 0 radical (unpaired) electrons. The summed E-state index contributed by atoms with van der Waals surface area (Å²) in [5.74, 6) is 0.766. The molecule has 0 saturated carbocycles. The number of rotatable bonds is 8.